The summed E-state index contributed by atoms with van der Waals surface area (Å²) in [7, 11) is 0. The highest BCUT2D eigenvalue weighted by Gasteiger charge is 2.26. The maximum Gasteiger partial charge on any atom is 0.309 e. The highest BCUT2D eigenvalue weighted by atomic mass is 16.4. The summed E-state index contributed by atoms with van der Waals surface area (Å²) in [6.07, 6.45) is 0.129. The van der Waals surface area contributed by atoms with Crippen LogP contribution in [-0.4, -0.2) is 45.9 Å². The van der Waals surface area contributed by atoms with Crippen LogP contribution in [0.3, 0.4) is 0 Å². The Morgan fingerprint density at radius 2 is 1.72 bits per heavy atom. The van der Waals surface area contributed by atoms with Crippen molar-refractivity contribution in [3.05, 3.63) is 95.1 Å². The fourth-order valence-corrected chi connectivity index (χ4v) is 3.90. The lowest BCUT2D eigenvalue weighted by Crippen LogP contribution is -2.37. The van der Waals surface area contributed by atoms with Crippen LogP contribution in [0.2, 0.25) is 0 Å². The van der Waals surface area contributed by atoms with Gasteiger partial charge >= 0.3 is 5.97 Å². The molecule has 9 heteroatoms. The Morgan fingerprint density at radius 3 is 2.39 bits per heavy atom. The van der Waals surface area contributed by atoms with Crippen LogP contribution in [0.4, 0.5) is 11.4 Å². The lowest BCUT2D eigenvalue weighted by Gasteiger charge is -2.22. The molecular formula is C27H25N5O4. The third-order valence-corrected chi connectivity index (χ3v) is 5.78. The van der Waals surface area contributed by atoms with Gasteiger partial charge in [-0.3, -0.25) is 19.8 Å². The molecule has 0 atom stereocenters. The van der Waals surface area contributed by atoms with Gasteiger partial charge in [0.1, 0.15) is 11.5 Å². The van der Waals surface area contributed by atoms with Crippen LogP contribution in [0.5, 0.6) is 0 Å². The van der Waals surface area contributed by atoms with Gasteiger partial charge in [-0.15, -0.1) is 0 Å². The molecule has 36 heavy (non-hydrogen) atoms. The second kappa shape index (κ2) is 10.6. The number of amidine groups is 1. The molecule has 9 nitrogen and oxygen atoms in total. The third-order valence-electron chi connectivity index (χ3n) is 5.78. The van der Waals surface area contributed by atoms with Gasteiger partial charge in [0, 0.05) is 29.9 Å². The van der Waals surface area contributed by atoms with E-state index in [0.717, 1.165) is 5.56 Å². The molecule has 2 amide bonds. The second-order valence-corrected chi connectivity index (χ2v) is 8.38. The van der Waals surface area contributed by atoms with E-state index in [1.165, 1.54) is 0 Å². The first-order valence-corrected chi connectivity index (χ1v) is 11.3. The smallest absolute Gasteiger partial charge is 0.309 e. The minimum atomic E-state index is -1.13. The number of rotatable bonds is 8. The van der Waals surface area contributed by atoms with Gasteiger partial charge in [0.05, 0.1) is 12.1 Å². The van der Waals surface area contributed by atoms with Gasteiger partial charge in [0.2, 0.25) is 0 Å². The summed E-state index contributed by atoms with van der Waals surface area (Å²) in [5, 5.41) is 19.6. The first kappa shape index (κ1) is 24.3. The number of carbonyl (C=O) groups excluding carboxylic acids is 2. The lowest BCUT2D eigenvalue weighted by molar-refractivity contribution is -0.136. The van der Waals surface area contributed by atoms with Crippen molar-refractivity contribution in [2.75, 3.05) is 11.9 Å². The molecule has 0 saturated carbocycles. The van der Waals surface area contributed by atoms with Gasteiger partial charge in [-0.1, -0.05) is 42.5 Å². The summed E-state index contributed by atoms with van der Waals surface area (Å²) in [6.45, 7) is 0.616. The highest BCUT2D eigenvalue weighted by molar-refractivity contribution is 6.42. The predicted molar refractivity (Wildman–Crippen MR) is 137 cm³/mol. The molecule has 0 unspecified atom stereocenters. The van der Waals surface area contributed by atoms with Gasteiger partial charge < -0.3 is 21.1 Å². The summed E-state index contributed by atoms with van der Waals surface area (Å²) >= 11 is 0. The van der Waals surface area contributed by atoms with Gasteiger partial charge in [0.25, 0.3) is 11.8 Å². The minimum Gasteiger partial charge on any atom is -0.481 e. The van der Waals surface area contributed by atoms with E-state index in [9.17, 15) is 19.5 Å². The molecule has 0 aliphatic carbocycles. The zero-order valence-electron chi connectivity index (χ0n) is 19.4. The number of nitrogens with two attached hydrogens (primary N) is 1. The molecule has 1 aliphatic rings. The number of hydrogen-bond acceptors (Lipinski definition) is 5. The van der Waals surface area contributed by atoms with Crippen molar-refractivity contribution < 1.29 is 19.5 Å². The van der Waals surface area contributed by atoms with E-state index in [1.54, 1.807) is 47.4 Å². The summed E-state index contributed by atoms with van der Waals surface area (Å²) in [4.78, 5) is 43.2. The molecule has 0 aromatic heterocycles. The first-order chi connectivity index (χ1) is 17.3. The van der Waals surface area contributed by atoms with E-state index in [0.29, 0.717) is 41.0 Å². The summed E-state index contributed by atoms with van der Waals surface area (Å²) in [5.41, 5.74) is 9.11. The average Bonchev–Trinajstić information content (AvgIpc) is 2.99. The van der Waals surface area contributed by atoms with Crippen LogP contribution in [0.25, 0.3) is 0 Å². The first-order valence-electron chi connectivity index (χ1n) is 11.3. The van der Waals surface area contributed by atoms with E-state index in [1.807, 2.05) is 30.3 Å². The predicted octanol–water partition coefficient (Wildman–Crippen LogP) is 3.36. The number of aliphatic imine (C=N–C) groups is 1. The van der Waals surface area contributed by atoms with Crippen LogP contribution in [-0.2, 0) is 22.6 Å². The fraction of sp³-hybridized carbons (Fsp3) is 0.148. The van der Waals surface area contributed by atoms with E-state index < -0.39 is 18.3 Å². The summed E-state index contributed by atoms with van der Waals surface area (Å²) in [6, 6.07) is 21.2. The van der Waals surface area contributed by atoms with Crippen molar-refractivity contribution in [1.82, 2.24) is 4.90 Å². The quantitative estimate of drug-likeness (QED) is 0.286. The van der Waals surface area contributed by atoms with Crippen LogP contribution < -0.4 is 11.1 Å². The molecule has 0 saturated heterocycles. The average molecular weight is 484 g/mol. The van der Waals surface area contributed by atoms with Crippen molar-refractivity contribution in [3.63, 3.8) is 0 Å². The third kappa shape index (κ3) is 5.82. The number of aliphatic carboxylic acids is 1. The standard InChI is InChI=1S/C27H25N5O4/c28-25(29)18-6-8-19(9-7-18)26(35)30-21-10-11-22-20(14-21)16-32(13-12-17-4-2-1-3-5-17)27(36)23(31-22)15-24(33)34/h1-11,14H,12-13,15-16H2,(H3,28,29)(H,30,35)(H,33,34). The van der Waals surface area contributed by atoms with E-state index in [-0.39, 0.29) is 24.0 Å². The maximum absolute atomic E-state index is 13.1. The molecule has 0 radical (unpaired) electrons. The molecule has 0 spiro atoms. The SMILES string of the molecule is N=C(N)c1ccc(C(=O)Nc2ccc3c(c2)CN(CCc2ccccc2)C(=O)C(CC(=O)O)=N3)cc1. The van der Waals surface area contributed by atoms with Crippen LogP contribution >= 0.6 is 0 Å². The number of carboxylic acid groups (broad SMARTS) is 1. The van der Waals surface area contributed by atoms with E-state index >= 15 is 0 Å². The zero-order chi connectivity index (χ0) is 25.7. The Hall–Kier alpha value is -4.79. The van der Waals surface area contributed by atoms with Crippen molar-refractivity contribution in [2.24, 2.45) is 10.7 Å². The molecule has 3 aromatic carbocycles. The number of fused-ring (bicyclic) bond motifs is 1. The number of nitrogens with zero attached hydrogens (tertiary/aromatic N) is 2. The molecule has 1 aliphatic heterocycles. The Balaban J connectivity index is 1.57. The van der Waals surface area contributed by atoms with Gasteiger partial charge in [-0.2, -0.15) is 0 Å². The number of amides is 2. The Kier molecular flexibility index (Phi) is 7.20. The summed E-state index contributed by atoms with van der Waals surface area (Å²) in [5.74, 6) is -1.97. The van der Waals surface area contributed by atoms with Crippen molar-refractivity contribution in [3.8, 4) is 0 Å². The number of carbonyl (C=O) groups is 3. The highest BCUT2D eigenvalue weighted by Crippen LogP contribution is 2.28. The number of carboxylic acids is 1. The summed E-state index contributed by atoms with van der Waals surface area (Å²) < 4.78 is 0. The van der Waals surface area contributed by atoms with Crippen LogP contribution in [0.15, 0.2) is 77.8 Å². The van der Waals surface area contributed by atoms with Crippen molar-refractivity contribution in [2.45, 2.75) is 19.4 Å². The topological polar surface area (TPSA) is 149 Å². The van der Waals surface area contributed by atoms with Crippen LogP contribution in [0, 0.1) is 5.41 Å². The largest absolute Gasteiger partial charge is 0.481 e. The molecule has 4 rings (SSSR count). The molecule has 1 heterocycles. The van der Waals surface area contributed by atoms with Crippen molar-refractivity contribution >= 4 is 40.7 Å². The van der Waals surface area contributed by atoms with E-state index in [2.05, 4.69) is 10.3 Å². The Morgan fingerprint density at radius 1 is 1.03 bits per heavy atom. The number of benzene rings is 3. The molecule has 0 bridgehead atoms. The molecule has 182 valence electrons. The van der Waals surface area contributed by atoms with Gasteiger partial charge in [-0.05, 0) is 47.9 Å². The maximum atomic E-state index is 13.1. The monoisotopic (exact) mass is 483 g/mol. The Bertz CT molecular complexity index is 1350. The molecule has 0 fully saturated rings. The lowest BCUT2D eigenvalue weighted by atomic mass is 10.1. The van der Waals surface area contributed by atoms with Crippen LogP contribution in [0.1, 0.15) is 33.5 Å². The fourth-order valence-electron chi connectivity index (χ4n) is 3.90. The number of nitrogens with one attached hydrogen (secondary N) is 2. The van der Waals surface area contributed by atoms with Gasteiger partial charge in [0.15, 0.2) is 0 Å². The van der Waals surface area contributed by atoms with Crippen molar-refractivity contribution in [1.29, 1.82) is 5.41 Å². The molecular weight excluding hydrogens is 458 g/mol. The number of hydrogen-bond donors (Lipinski definition) is 4. The molecule has 3 aromatic rings. The number of anilines is 1. The Labute approximate surface area is 207 Å². The second-order valence-electron chi connectivity index (χ2n) is 8.38. The minimum absolute atomic E-state index is 0.0309. The normalized spacial score (nSPS) is 12.8. The number of nitrogen functional groups attached to an aromatic ring is 1. The van der Waals surface area contributed by atoms with E-state index in [4.69, 9.17) is 11.1 Å². The zero-order valence-corrected chi connectivity index (χ0v) is 19.4. The van der Waals surface area contributed by atoms with Gasteiger partial charge in [-0.25, -0.2) is 4.99 Å². The molecule has 5 N–H and O–H groups in total.